The van der Waals surface area contributed by atoms with E-state index in [9.17, 15) is 4.79 Å². The summed E-state index contributed by atoms with van der Waals surface area (Å²) in [6, 6.07) is 6.19. The monoisotopic (exact) mass is 286 g/mol. The van der Waals surface area contributed by atoms with Gasteiger partial charge in [-0.05, 0) is 49.4 Å². The number of carbonyl (C=O) groups excluding carboxylic acids is 1. The molecule has 0 spiro atoms. The second kappa shape index (κ2) is 6.08. The number of hydrogen-bond donors (Lipinski definition) is 1. The maximum absolute atomic E-state index is 12.6. The van der Waals surface area contributed by atoms with Crippen LogP contribution in [0, 0.1) is 5.92 Å². The van der Waals surface area contributed by atoms with E-state index in [1.54, 1.807) is 0 Å². The minimum Gasteiger partial charge on any atom is -0.399 e. The molecule has 1 aliphatic carbocycles. The molecule has 1 aliphatic heterocycles. The predicted octanol–water partition coefficient (Wildman–Crippen LogP) is 3.91. The predicted molar refractivity (Wildman–Crippen MR) is 87.3 cm³/mol. The molecule has 1 saturated carbocycles. The van der Waals surface area contributed by atoms with E-state index < -0.39 is 0 Å². The molecular weight excluding hydrogens is 260 g/mol. The van der Waals surface area contributed by atoms with Gasteiger partial charge in [-0.1, -0.05) is 32.1 Å². The zero-order valence-corrected chi connectivity index (χ0v) is 13.0. The number of rotatable bonds is 3. The summed E-state index contributed by atoms with van der Waals surface area (Å²) in [7, 11) is 0. The first kappa shape index (κ1) is 14.4. The highest BCUT2D eigenvalue weighted by Gasteiger charge is 2.30. The molecule has 1 amide bonds. The molecule has 3 nitrogen and oxygen atoms in total. The van der Waals surface area contributed by atoms with Gasteiger partial charge >= 0.3 is 0 Å². The quantitative estimate of drug-likeness (QED) is 0.856. The van der Waals surface area contributed by atoms with Crippen molar-refractivity contribution in [2.75, 3.05) is 10.6 Å². The zero-order chi connectivity index (χ0) is 14.8. The Morgan fingerprint density at radius 2 is 2.05 bits per heavy atom. The highest BCUT2D eigenvalue weighted by molar-refractivity contribution is 5.96. The number of benzene rings is 1. The van der Waals surface area contributed by atoms with Crippen LogP contribution in [0.1, 0.15) is 57.4 Å². The lowest BCUT2D eigenvalue weighted by atomic mass is 9.86. The normalized spacial score (nSPS) is 22.3. The summed E-state index contributed by atoms with van der Waals surface area (Å²) in [5, 5.41) is 0. The van der Waals surface area contributed by atoms with E-state index in [0.29, 0.717) is 6.42 Å². The Kier molecular flexibility index (Phi) is 4.18. The van der Waals surface area contributed by atoms with Crippen molar-refractivity contribution in [3.05, 3.63) is 23.8 Å². The van der Waals surface area contributed by atoms with Crippen LogP contribution < -0.4 is 10.6 Å². The highest BCUT2D eigenvalue weighted by atomic mass is 16.2. The number of anilines is 2. The van der Waals surface area contributed by atoms with Crippen molar-refractivity contribution in [2.45, 2.75) is 64.3 Å². The van der Waals surface area contributed by atoms with Gasteiger partial charge in [0.05, 0.1) is 0 Å². The molecule has 114 valence electrons. The minimum absolute atomic E-state index is 0.264. The van der Waals surface area contributed by atoms with Crippen LogP contribution in [-0.4, -0.2) is 11.9 Å². The molecule has 1 atom stereocenters. The lowest BCUT2D eigenvalue weighted by molar-refractivity contribution is -0.119. The highest BCUT2D eigenvalue weighted by Crippen LogP contribution is 2.35. The van der Waals surface area contributed by atoms with Gasteiger partial charge in [0.25, 0.3) is 0 Å². The van der Waals surface area contributed by atoms with Crippen LogP contribution in [0.25, 0.3) is 0 Å². The average Bonchev–Trinajstić information content (AvgIpc) is 2.81. The van der Waals surface area contributed by atoms with E-state index in [1.165, 1.54) is 37.7 Å². The van der Waals surface area contributed by atoms with Crippen molar-refractivity contribution in [3.8, 4) is 0 Å². The van der Waals surface area contributed by atoms with E-state index in [-0.39, 0.29) is 11.9 Å². The van der Waals surface area contributed by atoms with Gasteiger partial charge in [0.1, 0.15) is 0 Å². The van der Waals surface area contributed by atoms with E-state index in [1.807, 2.05) is 23.1 Å². The van der Waals surface area contributed by atoms with Crippen LogP contribution in [0.2, 0.25) is 0 Å². The van der Waals surface area contributed by atoms with E-state index >= 15 is 0 Å². The maximum Gasteiger partial charge on any atom is 0.227 e. The fourth-order valence-electron chi connectivity index (χ4n) is 3.95. The molecule has 0 radical (unpaired) electrons. The minimum atomic E-state index is 0.264. The molecule has 2 aliphatic rings. The Labute approximate surface area is 127 Å². The van der Waals surface area contributed by atoms with E-state index in [2.05, 4.69) is 6.92 Å². The fraction of sp³-hybridized carbons (Fsp3) is 0.611. The summed E-state index contributed by atoms with van der Waals surface area (Å²) in [6.07, 6.45) is 9.39. The summed E-state index contributed by atoms with van der Waals surface area (Å²) < 4.78 is 0. The Morgan fingerprint density at radius 1 is 1.29 bits per heavy atom. The third-order valence-corrected chi connectivity index (χ3v) is 5.08. The number of amides is 1. The summed E-state index contributed by atoms with van der Waals surface area (Å²) in [5.41, 5.74) is 8.93. The van der Waals surface area contributed by atoms with Crippen molar-refractivity contribution in [1.82, 2.24) is 0 Å². The van der Waals surface area contributed by atoms with Crippen LogP contribution >= 0.6 is 0 Å². The van der Waals surface area contributed by atoms with Gasteiger partial charge in [-0.2, -0.15) is 0 Å². The Hall–Kier alpha value is -1.51. The molecule has 2 N–H and O–H groups in total. The number of carbonyl (C=O) groups is 1. The lowest BCUT2D eigenvalue weighted by Gasteiger charge is -2.25. The number of nitrogens with two attached hydrogens (primary N) is 1. The van der Waals surface area contributed by atoms with Crippen molar-refractivity contribution in [2.24, 2.45) is 5.92 Å². The summed E-state index contributed by atoms with van der Waals surface area (Å²) >= 11 is 0. The van der Waals surface area contributed by atoms with Gasteiger partial charge < -0.3 is 10.6 Å². The number of fused-ring (bicyclic) bond motifs is 1. The second-order valence-electron chi connectivity index (χ2n) is 6.75. The number of nitrogen functional groups attached to an aromatic ring is 1. The molecule has 1 unspecified atom stereocenters. The SMILES string of the molecule is CC1Cc2cc(N)ccc2N1C(=O)CCC1CCCCC1. The van der Waals surface area contributed by atoms with Crippen LogP contribution in [0.5, 0.6) is 0 Å². The molecule has 1 aromatic carbocycles. The molecular formula is C18H26N2O. The Morgan fingerprint density at radius 3 is 2.81 bits per heavy atom. The van der Waals surface area contributed by atoms with Crippen LogP contribution in [-0.2, 0) is 11.2 Å². The lowest BCUT2D eigenvalue weighted by Crippen LogP contribution is -2.35. The first-order valence-corrected chi connectivity index (χ1v) is 8.35. The largest absolute Gasteiger partial charge is 0.399 e. The third-order valence-electron chi connectivity index (χ3n) is 5.08. The first-order chi connectivity index (χ1) is 10.1. The molecule has 1 aromatic rings. The van der Waals surface area contributed by atoms with Gasteiger partial charge in [0.15, 0.2) is 0 Å². The summed E-state index contributed by atoms with van der Waals surface area (Å²) in [6.45, 7) is 2.13. The van der Waals surface area contributed by atoms with Crippen molar-refractivity contribution in [1.29, 1.82) is 0 Å². The van der Waals surface area contributed by atoms with Gasteiger partial charge in [-0.15, -0.1) is 0 Å². The number of hydrogen-bond acceptors (Lipinski definition) is 2. The third kappa shape index (κ3) is 3.07. The van der Waals surface area contributed by atoms with Gasteiger partial charge in [-0.25, -0.2) is 0 Å². The molecule has 1 fully saturated rings. The molecule has 3 heteroatoms. The molecule has 0 aromatic heterocycles. The summed E-state index contributed by atoms with van der Waals surface area (Å²) in [4.78, 5) is 14.6. The van der Waals surface area contributed by atoms with Crippen LogP contribution in [0.3, 0.4) is 0 Å². The van der Waals surface area contributed by atoms with Crippen LogP contribution in [0.15, 0.2) is 18.2 Å². The van der Waals surface area contributed by atoms with Crippen molar-refractivity contribution in [3.63, 3.8) is 0 Å². The molecule has 0 bridgehead atoms. The van der Waals surface area contributed by atoms with E-state index in [4.69, 9.17) is 5.73 Å². The topological polar surface area (TPSA) is 46.3 Å². The van der Waals surface area contributed by atoms with Gasteiger partial charge in [0, 0.05) is 23.8 Å². The average molecular weight is 286 g/mol. The van der Waals surface area contributed by atoms with Crippen LogP contribution in [0.4, 0.5) is 11.4 Å². The molecule has 21 heavy (non-hydrogen) atoms. The van der Waals surface area contributed by atoms with Crippen molar-refractivity contribution < 1.29 is 4.79 Å². The zero-order valence-electron chi connectivity index (χ0n) is 13.0. The summed E-state index contributed by atoms with van der Waals surface area (Å²) in [5.74, 6) is 1.06. The molecule has 0 saturated heterocycles. The van der Waals surface area contributed by atoms with Gasteiger partial charge in [0.2, 0.25) is 5.91 Å². The first-order valence-electron chi connectivity index (χ1n) is 8.35. The smallest absolute Gasteiger partial charge is 0.227 e. The van der Waals surface area contributed by atoms with Crippen molar-refractivity contribution >= 4 is 17.3 Å². The van der Waals surface area contributed by atoms with E-state index in [0.717, 1.165) is 30.1 Å². The van der Waals surface area contributed by atoms with Gasteiger partial charge in [-0.3, -0.25) is 4.79 Å². The second-order valence-corrected chi connectivity index (χ2v) is 6.75. The molecule has 3 rings (SSSR count). The fourth-order valence-corrected chi connectivity index (χ4v) is 3.95. The Balaban J connectivity index is 1.64. The standard InChI is InChI=1S/C18H26N2O/c1-13-11-15-12-16(19)8-9-17(15)20(13)18(21)10-7-14-5-3-2-4-6-14/h8-9,12-14H,2-7,10-11,19H2,1H3. The number of nitrogens with zero attached hydrogens (tertiary/aromatic N) is 1. The Bertz CT molecular complexity index is 520. The molecule has 1 heterocycles. The maximum atomic E-state index is 12.6.